The molecule has 0 aromatic heterocycles. The van der Waals surface area contributed by atoms with Gasteiger partial charge in [0.25, 0.3) is 0 Å². The number of esters is 2. The van der Waals surface area contributed by atoms with Crippen LogP contribution in [0.5, 0.6) is 11.5 Å². The van der Waals surface area contributed by atoms with Crippen molar-refractivity contribution in [2.75, 3.05) is 0 Å². The molecule has 0 unspecified atom stereocenters. The maximum Gasteiger partial charge on any atom is 0.308 e. The van der Waals surface area contributed by atoms with E-state index in [9.17, 15) is 18.0 Å². The maximum atomic E-state index is 12.7. The zero-order valence-electron chi connectivity index (χ0n) is 12.5. The van der Waals surface area contributed by atoms with E-state index in [1.807, 2.05) is 0 Å². The summed E-state index contributed by atoms with van der Waals surface area (Å²) in [7, 11) is -3.94. The summed E-state index contributed by atoms with van der Waals surface area (Å²) in [5, 5.41) is 0. The third kappa shape index (κ3) is 3.95. The van der Waals surface area contributed by atoms with Crippen molar-refractivity contribution in [1.29, 1.82) is 0 Å². The minimum Gasteiger partial charge on any atom is -0.427 e. The van der Waals surface area contributed by atoms with Gasteiger partial charge in [-0.3, -0.25) is 9.59 Å². The van der Waals surface area contributed by atoms with Crippen LogP contribution in [0.25, 0.3) is 0 Å². The van der Waals surface area contributed by atoms with Crippen molar-refractivity contribution < 1.29 is 27.5 Å². The van der Waals surface area contributed by atoms with Crippen LogP contribution in [0.15, 0.2) is 58.3 Å². The Bertz CT molecular complexity index is 840. The summed E-state index contributed by atoms with van der Waals surface area (Å²) >= 11 is 0. The highest BCUT2D eigenvalue weighted by atomic mass is 32.2. The Morgan fingerprint density at radius 2 is 1.48 bits per heavy atom. The number of ether oxygens (including phenoxy) is 2. The number of carbonyl (C=O) groups is 2. The smallest absolute Gasteiger partial charge is 0.308 e. The van der Waals surface area contributed by atoms with E-state index in [0.717, 1.165) is 6.07 Å². The number of rotatable bonds is 4. The van der Waals surface area contributed by atoms with Crippen LogP contribution in [0.3, 0.4) is 0 Å². The SMILES string of the molecule is CC(=O)Oc1ccc(OC(C)=O)c(S(=O)(=O)c2ccccc2)c1. The van der Waals surface area contributed by atoms with E-state index in [1.54, 1.807) is 18.2 Å². The van der Waals surface area contributed by atoms with Crippen LogP contribution < -0.4 is 9.47 Å². The molecule has 0 fully saturated rings. The number of carbonyl (C=O) groups excluding carboxylic acids is 2. The lowest BCUT2D eigenvalue weighted by molar-refractivity contribution is -0.133. The standard InChI is InChI=1S/C16H14O6S/c1-11(17)21-13-8-9-15(22-12(2)18)16(10-13)23(19,20)14-6-4-3-5-7-14/h3-10H,1-2H3. The summed E-state index contributed by atoms with van der Waals surface area (Å²) in [5.41, 5.74) is 0. The highest BCUT2D eigenvalue weighted by Crippen LogP contribution is 2.33. The third-order valence-corrected chi connectivity index (χ3v) is 4.56. The van der Waals surface area contributed by atoms with E-state index < -0.39 is 21.8 Å². The topological polar surface area (TPSA) is 86.7 Å². The number of hydrogen-bond donors (Lipinski definition) is 0. The Hall–Kier alpha value is -2.67. The molecule has 0 N–H and O–H groups in total. The lowest BCUT2D eigenvalue weighted by Crippen LogP contribution is -2.10. The Morgan fingerprint density at radius 1 is 0.870 bits per heavy atom. The molecule has 2 rings (SSSR count). The van der Waals surface area contributed by atoms with Gasteiger partial charge in [0.15, 0.2) is 0 Å². The Morgan fingerprint density at radius 3 is 2.04 bits per heavy atom. The van der Waals surface area contributed by atoms with E-state index in [0.29, 0.717) is 0 Å². The van der Waals surface area contributed by atoms with Gasteiger partial charge in [-0.15, -0.1) is 0 Å². The molecule has 7 heteroatoms. The van der Waals surface area contributed by atoms with Crippen molar-refractivity contribution in [2.24, 2.45) is 0 Å². The summed E-state index contributed by atoms with van der Waals surface area (Å²) in [6.45, 7) is 2.37. The molecule has 0 spiro atoms. The van der Waals surface area contributed by atoms with Crippen molar-refractivity contribution in [2.45, 2.75) is 23.6 Å². The van der Waals surface area contributed by atoms with Crippen molar-refractivity contribution in [3.05, 3.63) is 48.5 Å². The first-order chi connectivity index (χ1) is 10.8. The zero-order chi connectivity index (χ0) is 17.0. The molecule has 120 valence electrons. The van der Waals surface area contributed by atoms with Gasteiger partial charge in [0.2, 0.25) is 9.84 Å². The molecular formula is C16H14O6S. The van der Waals surface area contributed by atoms with E-state index in [4.69, 9.17) is 9.47 Å². The average molecular weight is 334 g/mol. The largest absolute Gasteiger partial charge is 0.427 e. The van der Waals surface area contributed by atoms with Crippen molar-refractivity contribution in [3.63, 3.8) is 0 Å². The fraction of sp³-hybridized carbons (Fsp3) is 0.125. The van der Waals surface area contributed by atoms with Gasteiger partial charge in [-0.1, -0.05) is 18.2 Å². The molecule has 0 saturated heterocycles. The molecule has 0 amide bonds. The van der Waals surface area contributed by atoms with Crippen LogP contribution >= 0.6 is 0 Å². The van der Waals surface area contributed by atoms with Crippen LogP contribution in [0.2, 0.25) is 0 Å². The van der Waals surface area contributed by atoms with Crippen LogP contribution in [-0.4, -0.2) is 20.4 Å². The lowest BCUT2D eigenvalue weighted by Gasteiger charge is -2.12. The fourth-order valence-corrected chi connectivity index (χ4v) is 3.31. The van der Waals surface area contributed by atoms with E-state index in [2.05, 4.69) is 0 Å². The third-order valence-electron chi connectivity index (χ3n) is 2.77. The summed E-state index contributed by atoms with van der Waals surface area (Å²) in [6.07, 6.45) is 0. The summed E-state index contributed by atoms with van der Waals surface area (Å²) in [5.74, 6) is -1.33. The van der Waals surface area contributed by atoms with Crippen LogP contribution in [0.4, 0.5) is 0 Å². The highest BCUT2D eigenvalue weighted by molar-refractivity contribution is 7.91. The molecule has 6 nitrogen and oxygen atoms in total. The van der Waals surface area contributed by atoms with E-state index in [-0.39, 0.29) is 21.3 Å². The van der Waals surface area contributed by atoms with Gasteiger partial charge < -0.3 is 9.47 Å². The lowest BCUT2D eigenvalue weighted by atomic mass is 10.3. The van der Waals surface area contributed by atoms with Gasteiger partial charge in [-0.2, -0.15) is 0 Å². The van der Waals surface area contributed by atoms with Gasteiger partial charge in [0.05, 0.1) is 4.90 Å². The fourth-order valence-electron chi connectivity index (χ4n) is 1.89. The second-order valence-electron chi connectivity index (χ2n) is 4.61. The van der Waals surface area contributed by atoms with Gasteiger partial charge in [-0.05, 0) is 24.3 Å². The predicted octanol–water partition coefficient (Wildman–Crippen LogP) is 2.37. The van der Waals surface area contributed by atoms with E-state index >= 15 is 0 Å². The van der Waals surface area contributed by atoms with Gasteiger partial charge in [0.1, 0.15) is 16.4 Å². The maximum absolute atomic E-state index is 12.7. The molecule has 0 saturated carbocycles. The van der Waals surface area contributed by atoms with Crippen molar-refractivity contribution in [3.8, 4) is 11.5 Å². The number of benzene rings is 2. The highest BCUT2D eigenvalue weighted by Gasteiger charge is 2.24. The molecule has 2 aromatic rings. The molecule has 0 aliphatic heterocycles. The molecule has 0 atom stereocenters. The molecule has 0 heterocycles. The summed E-state index contributed by atoms with van der Waals surface area (Å²) in [4.78, 5) is 22.0. The minimum absolute atomic E-state index is 0.0355. The quantitative estimate of drug-likeness (QED) is 0.630. The van der Waals surface area contributed by atoms with Crippen LogP contribution in [-0.2, 0) is 19.4 Å². The number of hydrogen-bond acceptors (Lipinski definition) is 6. The molecule has 0 radical (unpaired) electrons. The molecule has 2 aromatic carbocycles. The zero-order valence-corrected chi connectivity index (χ0v) is 13.3. The average Bonchev–Trinajstić information content (AvgIpc) is 2.48. The summed E-state index contributed by atoms with van der Waals surface area (Å²) < 4.78 is 35.3. The first-order valence-electron chi connectivity index (χ1n) is 6.62. The Balaban J connectivity index is 2.61. The molecule has 0 bridgehead atoms. The predicted molar refractivity (Wildman–Crippen MR) is 81.0 cm³/mol. The minimum atomic E-state index is -3.94. The van der Waals surface area contributed by atoms with Crippen molar-refractivity contribution in [1.82, 2.24) is 0 Å². The number of sulfone groups is 1. The second kappa shape index (κ2) is 6.62. The first kappa shape index (κ1) is 16.7. The Labute approximate surface area is 133 Å². The normalized spacial score (nSPS) is 10.9. The van der Waals surface area contributed by atoms with Crippen LogP contribution in [0.1, 0.15) is 13.8 Å². The van der Waals surface area contributed by atoms with Gasteiger partial charge in [-0.25, -0.2) is 8.42 Å². The van der Waals surface area contributed by atoms with Crippen LogP contribution in [0, 0.1) is 0 Å². The molecule has 23 heavy (non-hydrogen) atoms. The van der Waals surface area contributed by atoms with Crippen molar-refractivity contribution >= 4 is 21.8 Å². The molecule has 0 aliphatic carbocycles. The first-order valence-corrected chi connectivity index (χ1v) is 8.10. The summed E-state index contributed by atoms with van der Waals surface area (Å²) in [6, 6.07) is 11.5. The molecular weight excluding hydrogens is 320 g/mol. The molecule has 0 aliphatic rings. The van der Waals surface area contributed by atoms with Gasteiger partial charge >= 0.3 is 11.9 Å². The Kier molecular flexibility index (Phi) is 4.80. The van der Waals surface area contributed by atoms with E-state index in [1.165, 1.54) is 38.1 Å². The second-order valence-corrected chi connectivity index (χ2v) is 6.53. The monoisotopic (exact) mass is 334 g/mol. The van der Waals surface area contributed by atoms with Gasteiger partial charge in [0, 0.05) is 19.9 Å².